The molecule has 1 heterocycles. The van der Waals surface area contributed by atoms with Crippen LogP contribution in [0.2, 0.25) is 0 Å². The van der Waals surface area contributed by atoms with Crippen LogP contribution in [0.15, 0.2) is 24.3 Å². The van der Waals surface area contributed by atoms with E-state index in [1.54, 1.807) is 0 Å². The van der Waals surface area contributed by atoms with Crippen molar-refractivity contribution in [2.45, 2.75) is 44.6 Å². The molecule has 2 saturated carbocycles. The van der Waals surface area contributed by atoms with E-state index in [-0.39, 0.29) is 18.5 Å². The second-order valence-electron chi connectivity index (χ2n) is 6.95. The first-order chi connectivity index (χ1) is 11.5. The van der Waals surface area contributed by atoms with Gasteiger partial charge in [-0.05, 0) is 50.8 Å². The molecule has 5 nitrogen and oxygen atoms in total. The Hall–Kier alpha value is -2.43. The summed E-state index contributed by atoms with van der Waals surface area (Å²) in [6, 6.07) is 7.87. The molecule has 2 aliphatic rings. The van der Waals surface area contributed by atoms with E-state index in [0.717, 1.165) is 47.8 Å². The number of carboxylic acid groups (broad SMARTS) is 1. The second-order valence-corrected chi connectivity index (χ2v) is 6.95. The van der Waals surface area contributed by atoms with Gasteiger partial charge >= 0.3 is 5.97 Å². The van der Waals surface area contributed by atoms with Gasteiger partial charge in [-0.15, -0.1) is 0 Å². The van der Waals surface area contributed by atoms with Gasteiger partial charge < -0.3 is 10.0 Å². The Morgan fingerprint density at radius 1 is 1.21 bits per heavy atom. The summed E-state index contributed by atoms with van der Waals surface area (Å²) in [5.74, 6) is -0.705. The molecule has 2 aromatic rings. The van der Waals surface area contributed by atoms with Crippen LogP contribution in [-0.4, -0.2) is 39.5 Å². The third-order valence-corrected chi connectivity index (χ3v) is 4.76. The first-order valence-electron chi connectivity index (χ1n) is 8.47. The first-order valence-corrected chi connectivity index (χ1v) is 8.47. The van der Waals surface area contributed by atoms with Crippen LogP contribution in [0.4, 0.5) is 0 Å². The number of nitrogens with zero attached hydrogens (tertiary/aromatic N) is 2. The summed E-state index contributed by atoms with van der Waals surface area (Å²) in [6.07, 6.45) is 3.99. The number of fused-ring (bicyclic) bond motifs is 1. The number of pyridine rings is 1. The molecule has 1 N–H and O–H groups in total. The van der Waals surface area contributed by atoms with E-state index >= 15 is 0 Å². The number of carbonyl (C=O) groups excluding carboxylic acids is 1. The molecule has 4 rings (SSSR count). The minimum Gasteiger partial charge on any atom is -0.480 e. The normalized spacial score (nSPS) is 17.0. The number of rotatable bonds is 5. The molecular weight excluding hydrogens is 304 g/mol. The number of carbonyl (C=O) groups is 2. The number of hydrogen-bond donors (Lipinski definition) is 1. The maximum atomic E-state index is 13.1. The van der Waals surface area contributed by atoms with Gasteiger partial charge in [0.15, 0.2) is 0 Å². The van der Waals surface area contributed by atoms with Crippen LogP contribution in [0.1, 0.15) is 53.2 Å². The Bertz CT molecular complexity index is 838. The fraction of sp³-hybridized carbons (Fsp3) is 0.421. The van der Waals surface area contributed by atoms with Gasteiger partial charge in [0, 0.05) is 23.0 Å². The quantitative estimate of drug-likeness (QED) is 0.917. The van der Waals surface area contributed by atoms with E-state index in [4.69, 9.17) is 10.1 Å². The predicted molar refractivity (Wildman–Crippen MR) is 90.1 cm³/mol. The lowest BCUT2D eigenvalue weighted by molar-refractivity contribution is -0.137. The molecule has 1 aromatic carbocycles. The van der Waals surface area contributed by atoms with Crippen molar-refractivity contribution >= 4 is 22.8 Å². The van der Waals surface area contributed by atoms with Crippen molar-refractivity contribution in [2.75, 3.05) is 6.54 Å². The van der Waals surface area contributed by atoms with Crippen molar-refractivity contribution in [2.24, 2.45) is 0 Å². The largest absolute Gasteiger partial charge is 0.480 e. The Labute approximate surface area is 140 Å². The number of amides is 1. The van der Waals surface area contributed by atoms with Crippen molar-refractivity contribution in [3.8, 4) is 0 Å². The van der Waals surface area contributed by atoms with Gasteiger partial charge in [0.25, 0.3) is 5.91 Å². The molecule has 0 unspecified atom stereocenters. The Kier molecular flexibility index (Phi) is 3.52. The molecule has 2 fully saturated rings. The molecule has 0 radical (unpaired) electrons. The molecule has 0 bridgehead atoms. The van der Waals surface area contributed by atoms with Crippen LogP contribution in [0.3, 0.4) is 0 Å². The van der Waals surface area contributed by atoms with Crippen molar-refractivity contribution in [1.29, 1.82) is 0 Å². The topological polar surface area (TPSA) is 70.5 Å². The van der Waals surface area contributed by atoms with E-state index in [2.05, 4.69) is 0 Å². The third kappa shape index (κ3) is 2.86. The first kappa shape index (κ1) is 15.1. The zero-order chi connectivity index (χ0) is 16.8. The van der Waals surface area contributed by atoms with Gasteiger partial charge in [-0.2, -0.15) is 0 Å². The molecule has 0 saturated heterocycles. The summed E-state index contributed by atoms with van der Waals surface area (Å²) < 4.78 is 0. The van der Waals surface area contributed by atoms with Crippen LogP contribution in [0, 0.1) is 6.92 Å². The minimum absolute atomic E-state index is 0.0611. The molecule has 5 heteroatoms. The summed E-state index contributed by atoms with van der Waals surface area (Å²) in [4.78, 5) is 30.5. The molecule has 124 valence electrons. The highest BCUT2D eigenvalue weighted by Crippen LogP contribution is 2.40. The number of benzene rings is 1. The minimum atomic E-state index is -0.966. The highest BCUT2D eigenvalue weighted by Gasteiger charge is 2.35. The van der Waals surface area contributed by atoms with E-state index in [1.807, 2.05) is 31.2 Å². The zero-order valence-electron chi connectivity index (χ0n) is 13.7. The number of aliphatic carboxylic acids is 1. The smallest absolute Gasteiger partial charge is 0.323 e. The van der Waals surface area contributed by atoms with E-state index in [1.165, 1.54) is 4.90 Å². The molecule has 2 aliphatic carbocycles. The summed E-state index contributed by atoms with van der Waals surface area (Å²) in [6.45, 7) is 1.75. The molecule has 0 spiro atoms. The van der Waals surface area contributed by atoms with Gasteiger partial charge in [-0.3, -0.25) is 14.6 Å². The Balaban J connectivity index is 1.82. The van der Waals surface area contributed by atoms with Crippen LogP contribution >= 0.6 is 0 Å². The molecule has 0 aliphatic heterocycles. The maximum absolute atomic E-state index is 13.1. The molecule has 1 amide bonds. The molecule has 0 atom stereocenters. The maximum Gasteiger partial charge on any atom is 0.323 e. The highest BCUT2D eigenvalue weighted by molar-refractivity contribution is 6.07. The van der Waals surface area contributed by atoms with Crippen LogP contribution in [-0.2, 0) is 4.79 Å². The van der Waals surface area contributed by atoms with Crippen molar-refractivity contribution < 1.29 is 14.7 Å². The van der Waals surface area contributed by atoms with Crippen LogP contribution < -0.4 is 0 Å². The van der Waals surface area contributed by atoms with Crippen molar-refractivity contribution in [3.63, 3.8) is 0 Å². The van der Waals surface area contributed by atoms with Gasteiger partial charge in [-0.25, -0.2) is 0 Å². The lowest BCUT2D eigenvalue weighted by Gasteiger charge is -2.21. The SMILES string of the molecule is Cc1ccc2nc(C3CC3)cc(C(=O)N(CC(=O)O)C3CC3)c2c1. The number of carboxylic acids is 1. The molecule has 24 heavy (non-hydrogen) atoms. The Morgan fingerprint density at radius 3 is 2.58 bits per heavy atom. The second kappa shape index (κ2) is 5.58. The standard InChI is InChI=1S/C19H20N2O3/c1-11-2-7-16-14(8-11)15(9-17(20-16)12-3-4-12)19(24)21(10-18(22)23)13-5-6-13/h2,7-9,12-13H,3-6,10H2,1H3,(H,22,23). The van der Waals surface area contributed by atoms with Gasteiger partial charge in [0.05, 0.1) is 11.1 Å². The van der Waals surface area contributed by atoms with Gasteiger partial charge in [0.2, 0.25) is 0 Å². The van der Waals surface area contributed by atoms with Gasteiger partial charge in [-0.1, -0.05) is 11.6 Å². The summed E-state index contributed by atoms with van der Waals surface area (Å²) in [5, 5.41) is 9.98. The average Bonchev–Trinajstić information content (AvgIpc) is 3.43. The number of hydrogen-bond acceptors (Lipinski definition) is 3. The number of aryl methyl sites for hydroxylation is 1. The summed E-state index contributed by atoms with van der Waals surface area (Å²) in [5.41, 5.74) is 3.44. The summed E-state index contributed by atoms with van der Waals surface area (Å²) >= 11 is 0. The average molecular weight is 324 g/mol. The molecular formula is C19H20N2O3. The zero-order valence-corrected chi connectivity index (χ0v) is 13.7. The van der Waals surface area contributed by atoms with Crippen molar-refractivity contribution in [1.82, 2.24) is 9.88 Å². The lowest BCUT2D eigenvalue weighted by atomic mass is 10.0. The summed E-state index contributed by atoms with van der Waals surface area (Å²) in [7, 11) is 0. The van der Waals surface area contributed by atoms with Crippen LogP contribution in [0.25, 0.3) is 10.9 Å². The van der Waals surface area contributed by atoms with E-state index in [0.29, 0.717) is 11.5 Å². The fourth-order valence-electron chi connectivity index (χ4n) is 3.18. The van der Waals surface area contributed by atoms with Crippen LogP contribution in [0.5, 0.6) is 0 Å². The predicted octanol–water partition coefficient (Wildman–Crippen LogP) is 3.11. The van der Waals surface area contributed by atoms with Crippen molar-refractivity contribution in [3.05, 3.63) is 41.1 Å². The third-order valence-electron chi connectivity index (χ3n) is 4.76. The van der Waals surface area contributed by atoms with E-state index < -0.39 is 5.97 Å². The molecule has 1 aromatic heterocycles. The fourth-order valence-corrected chi connectivity index (χ4v) is 3.18. The lowest BCUT2D eigenvalue weighted by Crippen LogP contribution is -2.37. The Morgan fingerprint density at radius 2 is 1.96 bits per heavy atom. The number of aromatic nitrogens is 1. The van der Waals surface area contributed by atoms with E-state index in [9.17, 15) is 9.59 Å². The van der Waals surface area contributed by atoms with Gasteiger partial charge in [0.1, 0.15) is 6.54 Å². The monoisotopic (exact) mass is 324 g/mol. The highest BCUT2D eigenvalue weighted by atomic mass is 16.4.